The van der Waals surface area contributed by atoms with Crippen molar-refractivity contribution in [2.24, 2.45) is 0 Å². The summed E-state index contributed by atoms with van der Waals surface area (Å²) in [6.45, 7) is 4.21. The first kappa shape index (κ1) is 10.5. The van der Waals surface area contributed by atoms with Crippen molar-refractivity contribution in [3.8, 4) is 5.88 Å². The standard InChI is InChI=1S/C10H14N2O2/c1-3-9(13)12-8-6-5-7-11-10(8)14-4-2/h5-7H,3-4H2,1-2H3,(H,12,13). The maximum atomic E-state index is 11.1. The third-order valence-electron chi connectivity index (χ3n) is 1.65. The predicted molar refractivity (Wildman–Crippen MR) is 54.3 cm³/mol. The molecule has 0 saturated heterocycles. The van der Waals surface area contributed by atoms with E-state index in [0.717, 1.165) is 0 Å². The average Bonchev–Trinajstić information content (AvgIpc) is 2.21. The van der Waals surface area contributed by atoms with Gasteiger partial charge in [0.15, 0.2) is 0 Å². The average molecular weight is 194 g/mol. The fourth-order valence-electron chi connectivity index (χ4n) is 0.976. The molecule has 0 bridgehead atoms. The van der Waals surface area contributed by atoms with E-state index >= 15 is 0 Å². The van der Waals surface area contributed by atoms with Crippen LogP contribution in [0.4, 0.5) is 5.69 Å². The normalized spacial score (nSPS) is 9.57. The molecule has 1 N–H and O–H groups in total. The molecule has 1 heterocycles. The van der Waals surface area contributed by atoms with Gasteiger partial charge in [0.1, 0.15) is 5.69 Å². The summed E-state index contributed by atoms with van der Waals surface area (Å²) < 4.78 is 5.26. The van der Waals surface area contributed by atoms with Gasteiger partial charge in [-0.3, -0.25) is 4.79 Å². The third-order valence-corrected chi connectivity index (χ3v) is 1.65. The monoisotopic (exact) mass is 194 g/mol. The summed E-state index contributed by atoms with van der Waals surface area (Å²) in [6.07, 6.45) is 2.08. The van der Waals surface area contributed by atoms with E-state index in [9.17, 15) is 4.79 Å². The van der Waals surface area contributed by atoms with Gasteiger partial charge >= 0.3 is 0 Å². The zero-order valence-electron chi connectivity index (χ0n) is 8.41. The Balaban J connectivity index is 2.78. The van der Waals surface area contributed by atoms with Gasteiger partial charge in [-0.05, 0) is 19.1 Å². The van der Waals surface area contributed by atoms with E-state index in [4.69, 9.17) is 4.74 Å². The number of nitrogens with zero attached hydrogens (tertiary/aromatic N) is 1. The van der Waals surface area contributed by atoms with Crippen LogP contribution >= 0.6 is 0 Å². The fraction of sp³-hybridized carbons (Fsp3) is 0.400. The zero-order chi connectivity index (χ0) is 10.4. The number of rotatable bonds is 4. The molecule has 14 heavy (non-hydrogen) atoms. The quantitative estimate of drug-likeness (QED) is 0.795. The molecule has 0 aliphatic rings. The number of ether oxygens (including phenoxy) is 1. The number of anilines is 1. The summed E-state index contributed by atoms with van der Waals surface area (Å²) in [5.74, 6) is 0.427. The van der Waals surface area contributed by atoms with Gasteiger partial charge in [0.2, 0.25) is 11.8 Å². The number of carbonyl (C=O) groups is 1. The van der Waals surface area contributed by atoms with E-state index in [1.165, 1.54) is 0 Å². The van der Waals surface area contributed by atoms with Crippen molar-refractivity contribution in [2.45, 2.75) is 20.3 Å². The van der Waals surface area contributed by atoms with Crippen molar-refractivity contribution in [2.75, 3.05) is 11.9 Å². The molecule has 0 saturated carbocycles. The van der Waals surface area contributed by atoms with Crippen molar-refractivity contribution in [3.05, 3.63) is 18.3 Å². The molecule has 0 unspecified atom stereocenters. The highest BCUT2D eigenvalue weighted by atomic mass is 16.5. The first-order valence-electron chi connectivity index (χ1n) is 4.65. The summed E-state index contributed by atoms with van der Waals surface area (Å²) >= 11 is 0. The molecule has 1 aromatic heterocycles. The number of nitrogens with one attached hydrogen (secondary N) is 1. The van der Waals surface area contributed by atoms with Gasteiger partial charge in [-0.2, -0.15) is 0 Å². The lowest BCUT2D eigenvalue weighted by atomic mass is 10.3. The molecular formula is C10H14N2O2. The van der Waals surface area contributed by atoms with Crippen molar-refractivity contribution in [3.63, 3.8) is 0 Å². The summed E-state index contributed by atoms with van der Waals surface area (Å²) in [7, 11) is 0. The van der Waals surface area contributed by atoms with E-state index in [1.54, 1.807) is 25.3 Å². The maximum Gasteiger partial charge on any atom is 0.237 e. The lowest BCUT2D eigenvalue weighted by molar-refractivity contribution is -0.115. The molecule has 4 heteroatoms. The second kappa shape index (κ2) is 5.21. The van der Waals surface area contributed by atoms with Crippen molar-refractivity contribution in [1.82, 2.24) is 4.98 Å². The van der Waals surface area contributed by atoms with Crippen LogP contribution in [0, 0.1) is 0 Å². The molecule has 1 rings (SSSR count). The number of carbonyl (C=O) groups excluding carboxylic acids is 1. The molecule has 0 radical (unpaired) electrons. The van der Waals surface area contributed by atoms with E-state index in [0.29, 0.717) is 24.6 Å². The molecule has 0 aliphatic heterocycles. The zero-order valence-corrected chi connectivity index (χ0v) is 8.41. The Kier molecular flexibility index (Phi) is 3.91. The minimum atomic E-state index is -0.0426. The van der Waals surface area contributed by atoms with Gasteiger partial charge in [-0.25, -0.2) is 4.98 Å². The first-order valence-corrected chi connectivity index (χ1v) is 4.65. The molecular weight excluding hydrogens is 180 g/mol. The molecule has 0 aromatic carbocycles. The van der Waals surface area contributed by atoms with Crippen LogP contribution in [0.3, 0.4) is 0 Å². The second-order valence-electron chi connectivity index (χ2n) is 2.69. The van der Waals surface area contributed by atoms with Gasteiger partial charge < -0.3 is 10.1 Å². The molecule has 0 atom stereocenters. The molecule has 0 spiro atoms. The third kappa shape index (κ3) is 2.73. The molecule has 76 valence electrons. The van der Waals surface area contributed by atoms with Gasteiger partial charge in [-0.1, -0.05) is 6.92 Å². The van der Waals surface area contributed by atoms with Crippen LogP contribution < -0.4 is 10.1 Å². The van der Waals surface area contributed by atoms with Crippen LogP contribution in [-0.2, 0) is 4.79 Å². The first-order chi connectivity index (χ1) is 6.77. The van der Waals surface area contributed by atoms with Crippen molar-refractivity contribution >= 4 is 11.6 Å². The Morgan fingerprint density at radius 3 is 3.00 bits per heavy atom. The SMILES string of the molecule is CCOc1ncccc1NC(=O)CC. The van der Waals surface area contributed by atoms with Gasteiger partial charge in [0, 0.05) is 12.6 Å². The van der Waals surface area contributed by atoms with Crippen molar-refractivity contribution < 1.29 is 9.53 Å². The highest BCUT2D eigenvalue weighted by Gasteiger charge is 2.05. The number of aromatic nitrogens is 1. The second-order valence-corrected chi connectivity index (χ2v) is 2.69. The Morgan fingerprint density at radius 1 is 1.57 bits per heavy atom. The highest BCUT2D eigenvalue weighted by molar-refractivity contribution is 5.91. The number of pyridine rings is 1. The van der Waals surface area contributed by atoms with Gasteiger partial charge in [0.25, 0.3) is 0 Å². The van der Waals surface area contributed by atoms with E-state index in [1.807, 2.05) is 6.92 Å². The number of hydrogen-bond donors (Lipinski definition) is 1. The molecule has 1 amide bonds. The molecule has 4 nitrogen and oxygen atoms in total. The fourth-order valence-corrected chi connectivity index (χ4v) is 0.976. The Morgan fingerprint density at radius 2 is 2.36 bits per heavy atom. The molecule has 0 fully saturated rings. The molecule has 1 aromatic rings. The van der Waals surface area contributed by atoms with Crippen LogP contribution in [0.1, 0.15) is 20.3 Å². The van der Waals surface area contributed by atoms with Crippen LogP contribution in [0.2, 0.25) is 0 Å². The minimum Gasteiger partial charge on any atom is -0.476 e. The Hall–Kier alpha value is -1.58. The minimum absolute atomic E-state index is 0.0426. The van der Waals surface area contributed by atoms with Crippen LogP contribution in [0.5, 0.6) is 5.88 Å². The van der Waals surface area contributed by atoms with E-state index in [2.05, 4.69) is 10.3 Å². The van der Waals surface area contributed by atoms with Gasteiger partial charge in [0.05, 0.1) is 6.61 Å². The van der Waals surface area contributed by atoms with Crippen LogP contribution in [0.25, 0.3) is 0 Å². The number of hydrogen-bond acceptors (Lipinski definition) is 3. The van der Waals surface area contributed by atoms with E-state index < -0.39 is 0 Å². The summed E-state index contributed by atoms with van der Waals surface area (Å²) in [6, 6.07) is 3.53. The van der Waals surface area contributed by atoms with Crippen molar-refractivity contribution in [1.29, 1.82) is 0 Å². The largest absolute Gasteiger partial charge is 0.476 e. The number of amides is 1. The molecule has 0 aliphatic carbocycles. The van der Waals surface area contributed by atoms with E-state index in [-0.39, 0.29) is 5.91 Å². The Labute approximate surface area is 83.3 Å². The Bertz CT molecular complexity index is 313. The smallest absolute Gasteiger partial charge is 0.237 e. The topological polar surface area (TPSA) is 51.2 Å². The summed E-state index contributed by atoms with van der Waals surface area (Å²) in [5.41, 5.74) is 0.626. The van der Waals surface area contributed by atoms with Crippen LogP contribution in [0.15, 0.2) is 18.3 Å². The highest BCUT2D eigenvalue weighted by Crippen LogP contribution is 2.20. The van der Waals surface area contributed by atoms with Crippen LogP contribution in [-0.4, -0.2) is 17.5 Å². The lowest BCUT2D eigenvalue weighted by Gasteiger charge is -2.08. The maximum absolute atomic E-state index is 11.1. The summed E-state index contributed by atoms with van der Waals surface area (Å²) in [4.78, 5) is 15.2. The van der Waals surface area contributed by atoms with Gasteiger partial charge in [-0.15, -0.1) is 0 Å². The summed E-state index contributed by atoms with van der Waals surface area (Å²) in [5, 5.41) is 2.72. The predicted octanol–water partition coefficient (Wildman–Crippen LogP) is 1.83. The lowest BCUT2D eigenvalue weighted by Crippen LogP contribution is -2.11.